The summed E-state index contributed by atoms with van der Waals surface area (Å²) in [7, 11) is 3.53. The number of hydrogen-bond acceptors (Lipinski definition) is 5. The highest BCUT2D eigenvalue weighted by Gasteiger charge is 2.10. The zero-order chi connectivity index (χ0) is 17.8. The summed E-state index contributed by atoms with van der Waals surface area (Å²) in [6.45, 7) is 0.552. The predicted octanol–water partition coefficient (Wildman–Crippen LogP) is 3.42. The quantitative estimate of drug-likeness (QED) is 0.561. The second-order valence-electron chi connectivity index (χ2n) is 5.47. The van der Waals surface area contributed by atoms with Crippen LogP contribution in [-0.2, 0) is 13.6 Å². The number of nitrogens with two attached hydrogens (primary N) is 1. The Morgan fingerprint density at radius 3 is 2.84 bits per heavy atom. The van der Waals surface area contributed by atoms with Crippen LogP contribution >= 0.6 is 11.6 Å². The largest absolute Gasteiger partial charge is 0.494 e. The lowest BCUT2D eigenvalue weighted by atomic mass is 10.3. The van der Waals surface area contributed by atoms with Gasteiger partial charge in [-0.2, -0.15) is 5.10 Å². The van der Waals surface area contributed by atoms with Crippen molar-refractivity contribution < 1.29 is 9.30 Å². The van der Waals surface area contributed by atoms with Crippen LogP contribution in [0.5, 0.6) is 5.75 Å². The smallest absolute Gasteiger partial charge is 0.173 e. The molecule has 1 aromatic carbocycles. The number of nitrogens with zero attached hydrogens (tertiary/aromatic N) is 5. The Hall–Kier alpha value is -2.93. The third-order valence-electron chi connectivity index (χ3n) is 3.60. The highest BCUT2D eigenvalue weighted by molar-refractivity contribution is 6.30. The van der Waals surface area contributed by atoms with E-state index in [1.807, 2.05) is 36.1 Å². The van der Waals surface area contributed by atoms with Crippen LogP contribution in [-0.4, -0.2) is 16.9 Å². The molecule has 0 aliphatic heterocycles. The topological polar surface area (TPSA) is 81.7 Å². The molecule has 2 aromatic heterocycles. The van der Waals surface area contributed by atoms with Crippen molar-refractivity contribution in [1.29, 1.82) is 0 Å². The van der Waals surface area contributed by atoms with E-state index < -0.39 is 0 Å². The first-order chi connectivity index (χ1) is 12.1. The summed E-state index contributed by atoms with van der Waals surface area (Å²) in [6.07, 6.45) is 5.56. The van der Waals surface area contributed by atoms with Gasteiger partial charge in [0.1, 0.15) is 30.0 Å². The number of halogens is 1. The molecule has 0 amide bonds. The molecule has 7 nitrogen and oxygen atoms in total. The first kappa shape index (κ1) is 16.9. The van der Waals surface area contributed by atoms with Crippen molar-refractivity contribution in [1.82, 2.24) is 9.78 Å². The molecule has 25 heavy (non-hydrogen) atoms. The lowest BCUT2D eigenvalue weighted by Gasteiger charge is -2.04. The minimum Gasteiger partial charge on any atom is -0.494 e. The Morgan fingerprint density at radius 2 is 2.08 bits per heavy atom. The number of nitrogen functional groups attached to an aromatic ring is 1. The van der Waals surface area contributed by atoms with Gasteiger partial charge < -0.3 is 10.5 Å². The molecule has 0 aliphatic rings. The molecule has 0 bridgehead atoms. The van der Waals surface area contributed by atoms with Gasteiger partial charge in [0.05, 0.1) is 19.9 Å². The summed E-state index contributed by atoms with van der Waals surface area (Å²) >= 11 is 5.99. The maximum absolute atomic E-state index is 6.14. The SMILES string of the molecule is COc1ccc(Cl)cc1N=Nc1cnn(Cc2ccc[n+](C)c2)c1N. The second-order valence-corrected chi connectivity index (χ2v) is 5.90. The summed E-state index contributed by atoms with van der Waals surface area (Å²) in [5.74, 6) is 1.02. The normalized spacial score (nSPS) is 11.2. The van der Waals surface area contributed by atoms with Gasteiger partial charge in [-0.1, -0.05) is 11.6 Å². The van der Waals surface area contributed by atoms with E-state index in [0.717, 1.165) is 5.56 Å². The van der Waals surface area contributed by atoms with E-state index in [1.54, 1.807) is 36.2 Å². The Bertz CT molecular complexity index is 921. The average molecular weight is 358 g/mol. The fourth-order valence-electron chi connectivity index (χ4n) is 2.35. The monoisotopic (exact) mass is 357 g/mol. The molecule has 3 aromatic rings. The van der Waals surface area contributed by atoms with E-state index in [0.29, 0.717) is 34.5 Å². The number of anilines is 1. The number of methoxy groups -OCH3 is 1. The second kappa shape index (κ2) is 7.31. The van der Waals surface area contributed by atoms with E-state index >= 15 is 0 Å². The number of aromatic nitrogens is 3. The lowest BCUT2D eigenvalue weighted by Crippen LogP contribution is -2.27. The third kappa shape index (κ3) is 3.95. The van der Waals surface area contributed by atoms with Crippen LogP contribution in [0.25, 0.3) is 0 Å². The van der Waals surface area contributed by atoms with Crippen LogP contribution in [0.3, 0.4) is 0 Å². The number of azo groups is 1. The lowest BCUT2D eigenvalue weighted by molar-refractivity contribution is -0.671. The zero-order valence-corrected chi connectivity index (χ0v) is 14.7. The molecular formula is C17H18ClN6O+. The zero-order valence-electron chi connectivity index (χ0n) is 13.9. The van der Waals surface area contributed by atoms with Crippen LogP contribution in [0.15, 0.2) is 59.2 Å². The molecule has 2 heterocycles. The Balaban J connectivity index is 1.83. The van der Waals surface area contributed by atoms with Gasteiger partial charge in [-0.05, 0) is 24.3 Å². The standard InChI is InChI=1S/C17H18ClN6O/c1-23-7-3-4-12(10-23)11-24-17(19)15(9-20-24)22-21-14-8-13(18)5-6-16(14)25-2/h3-10H,11,19H2,1-2H3/q+1. The van der Waals surface area contributed by atoms with Gasteiger partial charge in [0.15, 0.2) is 12.4 Å². The van der Waals surface area contributed by atoms with Gasteiger partial charge in [0.25, 0.3) is 0 Å². The minimum atomic E-state index is 0.441. The van der Waals surface area contributed by atoms with E-state index in [4.69, 9.17) is 22.1 Å². The van der Waals surface area contributed by atoms with E-state index in [9.17, 15) is 0 Å². The van der Waals surface area contributed by atoms with Crippen LogP contribution in [0.4, 0.5) is 17.2 Å². The van der Waals surface area contributed by atoms with Gasteiger partial charge in [-0.3, -0.25) is 0 Å². The number of rotatable bonds is 5. The maximum Gasteiger partial charge on any atom is 0.173 e. The number of hydrogen-bond donors (Lipinski definition) is 1. The average Bonchev–Trinajstić information content (AvgIpc) is 2.93. The van der Waals surface area contributed by atoms with Gasteiger partial charge in [0.2, 0.25) is 0 Å². The molecule has 128 valence electrons. The molecule has 8 heteroatoms. The van der Waals surface area contributed by atoms with Gasteiger partial charge in [-0.25, -0.2) is 9.25 Å². The summed E-state index contributed by atoms with van der Waals surface area (Å²) in [4.78, 5) is 0. The highest BCUT2D eigenvalue weighted by atomic mass is 35.5. The summed E-state index contributed by atoms with van der Waals surface area (Å²) in [6, 6.07) is 9.12. The van der Waals surface area contributed by atoms with E-state index in [1.165, 1.54) is 0 Å². The van der Waals surface area contributed by atoms with E-state index in [2.05, 4.69) is 15.3 Å². The molecule has 3 rings (SSSR count). The first-order valence-electron chi connectivity index (χ1n) is 7.57. The van der Waals surface area contributed by atoms with Crippen molar-refractivity contribution in [2.45, 2.75) is 6.54 Å². The third-order valence-corrected chi connectivity index (χ3v) is 3.83. The number of aryl methyl sites for hydroxylation is 1. The van der Waals surface area contributed by atoms with Crippen LogP contribution in [0.2, 0.25) is 5.02 Å². The molecule has 0 radical (unpaired) electrons. The molecule has 0 unspecified atom stereocenters. The van der Waals surface area contributed by atoms with E-state index in [-0.39, 0.29) is 0 Å². The fourth-order valence-corrected chi connectivity index (χ4v) is 2.52. The molecule has 0 fully saturated rings. The minimum absolute atomic E-state index is 0.441. The van der Waals surface area contributed by atoms with Gasteiger partial charge in [0, 0.05) is 16.7 Å². The fraction of sp³-hybridized carbons (Fsp3) is 0.176. The first-order valence-corrected chi connectivity index (χ1v) is 7.95. The number of benzene rings is 1. The molecule has 0 saturated carbocycles. The molecule has 0 aliphatic carbocycles. The maximum atomic E-state index is 6.14. The van der Waals surface area contributed by atoms with Crippen molar-refractivity contribution in [3.63, 3.8) is 0 Å². The molecule has 0 saturated heterocycles. The van der Waals surface area contributed by atoms with Crippen molar-refractivity contribution in [3.8, 4) is 5.75 Å². The molecule has 0 spiro atoms. The summed E-state index contributed by atoms with van der Waals surface area (Å²) in [5.41, 5.74) is 8.23. The van der Waals surface area contributed by atoms with Crippen molar-refractivity contribution in [2.75, 3.05) is 12.8 Å². The van der Waals surface area contributed by atoms with Gasteiger partial charge in [-0.15, -0.1) is 10.2 Å². The van der Waals surface area contributed by atoms with Crippen molar-refractivity contribution in [2.24, 2.45) is 17.3 Å². The Labute approximate surface area is 150 Å². The Morgan fingerprint density at radius 1 is 1.28 bits per heavy atom. The number of pyridine rings is 1. The van der Waals surface area contributed by atoms with Crippen LogP contribution in [0, 0.1) is 0 Å². The van der Waals surface area contributed by atoms with Crippen LogP contribution < -0.4 is 15.0 Å². The van der Waals surface area contributed by atoms with Crippen molar-refractivity contribution >= 4 is 28.8 Å². The Kier molecular flexibility index (Phi) is 4.95. The highest BCUT2D eigenvalue weighted by Crippen LogP contribution is 2.32. The number of ether oxygens (including phenoxy) is 1. The van der Waals surface area contributed by atoms with Crippen LogP contribution in [0.1, 0.15) is 5.56 Å². The molecule has 0 atom stereocenters. The van der Waals surface area contributed by atoms with Gasteiger partial charge >= 0.3 is 0 Å². The summed E-state index contributed by atoms with van der Waals surface area (Å²) < 4.78 is 8.90. The summed E-state index contributed by atoms with van der Waals surface area (Å²) in [5, 5.41) is 13.2. The molecular weight excluding hydrogens is 340 g/mol. The molecule has 2 N–H and O–H groups in total. The van der Waals surface area contributed by atoms with Crippen molar-refractivity contribution in [3.05, 3.63) is 59.5 Å². The predicted molar refractivity (Wildman–Crippen MR) is 95.5 cm³/mol.